The molecule has 2 aromatic rings. The third-order valence-electron chi connectivity index (χ3n) is 2.49. The van der Waals surface area contributed by atoms with Crippen molar-refractivity contribution in [1.82, 2.24) is 4.98 Å². The highest BCUT2D eigenvalue weighted by atomic mass is 79.9. The Morgan fingerprint density at radius 1 is 1.39 bits per heavy atom. The van der Waals surface area contributed by atoms with Crippen molar-refractivity contribution in [3.8, 4) is 6.07 Å². The first-order chi connectivity index (χ1) is 8.61. The molecule has 0 aliphatic heterocycles. The van der Waals surface area contributed by atoms with Gasteiger partial charge in [0.05, 0.1) is 16.9 Å². The van der Waals surface area contributed by atoms with Crippen LogP contribution in [0.15, 0.2) is 34.9 Å². The second kappa shape index (κ2) is 5.07. The van der Waals surface area contributed by atoms with Gasteiger partial charge in [-0.05, 0) is 46.6 Å². The molecule has 4 nitrogen and oxygen atoms in total. The molecule has 5 heteroatoms. The number of anilines is 3. The Bertz CT molecular complexity index is 631. The quantitative estimate of drug-likeness (QED) is 0.892. The fourth-order valence-corrected chi connectivity index (χ4v) is 1.88. The molecular formula is C13H11BrN4. The van der Waals surface area contributed by atoms with Crippen molar-refractivity contribution in [2.45, 2.75) is 6.92 Å². The van der Waals surface area contributed by atoms with Crippen LogP contribution >= 0.6 is 15.9 Å². The first-order valence-corrected chi connectivity index (χ1v) is 6.09. The molecule has 0 unspecified atom stereocenters. The van der Waals surface area contributed by atoms with E-state index in [4.69, 9.17) is 11.0 Å². The molecule has 2 rings (SSSR count). The Balaban J connectivity index is 2.41. The summed E-state index contributed by atoms with van der Waals surface area (Å²) in [5, 5.41) is 12.0. The van der Waals surface area contributed by atoms with Crippen LogP contribution in [0.25, 0.3) is 0 Å². The molecule has 1 aromatic carbocycles. The zero-order valence-corrected chi connectivity index (χ0v) is 11.3. The van der Waals surface area contributed by atoms with E-state index < -0.39 is 0 Å². The number of aryl methyl sites for hydroxylation is 1. The molecule has 1 aromatic heterocycles. The Kier molecular flexibility index (Phi) is 3.49. The molecule has 1 heterocycles. The molecule has 0 saturated heterocycles. The highest BCUT2D eigenvalue weighted by molar-refractivity contribution is 9.10. The molecule has 0 radical (unpaired) electrons. The number of benzene rings is 1. The molecule has 0 atom stereocenters. The smallest absolute Gasteiger partial charge is 0.154 e. The van der Waals surface area contributed by atoms with Gasteiger partial charge in [-0.1, -0.05) is 6.07 Å². The minimum Gasteiger partial charge on any atom is -0.395 e. The number of nitriles is 1. The number of halogens is 1. The molecule has 0 spiro atoms. The van der Waals surface area contributed by atoms with E-state index in [2.05, 4.69) is 26.2 Å². The van der Waals surface area contributed by atoms with E-state index in [9.17, 15) is 0 Å². The number of hydrogen-bond acceptors (Lipinski definition) is 4. The first-order valence-electron chi connectivity index (χ1n) is 5.29. The summed E-state index contributed by atoms with van der Waals surface area (Å²) in [6.45, 7) is 2.00. The van der Waals surface area contributed by atoms with E-state index in [0.29, 0.717) is 17.1 Å². The lowest BCUT2D eigenvalue weighted by Crippen LogP contribution is -2.01. The van der Waals surface area contributed by atoms with E-state index in [-0.39, 0.29) is 0 Å². The van der Waals surface area contributed by atoms with Crippen molar-refractivity contribution in [2.75, 3.05) is 11.1 Å². The molecule has 18 heavy (non-hydrogen) atoms. The van der Waals surface area contributed by atoms with Gasteiger partial charge < -0.3 is 11.1 Å². The lowest BCUT2D eigenvalue weighted by Gasteiger charge is -2.11. The van der Waals surface area contributed by atoms with Crippen LogP contribution in [-0.4, -0.2) is 4.98 Å². The van der Waals surface area contributed by atoms with Crippen LogP contribution in [0.1, 0.15) is 11.1 Å². The molecule has 0 amide bonds. The van der Waals surface area contributed by atoms with Crippen LogP contribution in [0.3, 0.4) is 0 Å². The molecule has 0 aliphatic rings. The fourth-order valence-electron chi connectivity index (χ4n) is 1.53. The summed E-state index contributed by atoms with van der Waals surface area (Å²) < 4.78 is 0.914. The zero-order chi connectivity index (χ0) is 13.1. The maximum atomic E-state index is 8.91. The molecule has 0 bridgehead atoms. The highest BCUT2D eigenvalue weighted by Crippen LogP contribution is 2.29. The standard InChI is InChI=1S/C13H11BrN4/c1-8-2-3-10(14)11(6-8)18-13-12(16)9(7-15)4-5-17-13/h2-6H,16H2,1H3,(H,17,18). The maximum Gasteiger partial charge on any atom is 0.154 e. The van der Waals surface area contributed by atoms with Crippen molar-refractivity contribution in [3.63, 3.8) is 0 Å². The zero-order valence-electron chi connectivity index (χ0n) is 9.74. The van der Waals surface area contributed by atoms with Crippen LogP contribution in [0.4, 0.5) is 17.2 Å². The van der Waals surface area contributed by atoms with Crippen molar-refractivity contribution in [1.29, 1.82) is 5.26 Å². The normalized spacial score (nSPS) is 9.83. The predicted molar refractivity (Wildman–Crippen MR) is 75.5 cm³/mol. The number of nitrogens with one attached hydrogen (secondary N) is 1. The maximum absolute atomic E-state index is 8.91. The van der Waals surface area contributed by atoms with Crippen molar-refractivity contribution in [3.05, 3.63) is 46.1 Å². The first kappa shape index (κ1) is 12.4. The van der Waals surface area contributed by atoms with Crippen LogP contribution < -0.4 is 11.1 Å². The summed E-state index contributed by atoms with van der Waals surface area (Å²) in [7, 11) is 0. The van der Waals surface area contributed by atoms with Gasteiger partial charge in [-0.3, -0.25) is 0 Å². The number of aromatic nitrogens is 1. The van der Waals surface area contributed by atoms with E-state index in [1.54, 1.807) is 12.3 Å². The molecule has 0 fully saturated rings. The van der Waals surface area contributed by atoms with E-state index in [1.165, 1.54) is 0 Å². The molecule has 90 valence electrons. The SMILES string of the molecule is Cc1ccc(Br)c(Nc2nccc(C#N)c2N)c1. The second-order valence-corrected chi connectivity index (χ2v) is 4.70. The Hall–Kier alpha value is -2.06. The number of hydrogen-bond donors (Lipinski definition) is 2. The number of pyridine rings is 1. The van der Waals surface area contributed by atoms with Crippen molar-refractivity contribution >= 4 is 33.1 Å². The van der Waals surface area contributed by atoms with Crippen LogP contribution in [0, 0.1) is 18.3 Å². The molecule has 0 saturated carbocycles. The van der Waals surface area contributed by atoms with Gasteiger partial charge in [0.1, 0.15) is 6.07 Å². The summed E-state index contributed by atoms with van der Waals surface area (Å²) in [4.78, 5) is 4.14. The Morgan fingerprint density at radius 3 is 2.89 bits per heavy atom. The number of nitrogens with zero attached hydrogens (tertiary/aromatic N) is 2. The fraction of sp³-hybridized carbons (Fsp3) is 0.0769. The number of nitrogen functional groups attached to an aromatic ring is 1. The average Bonchev–Trinajstić information content (AvgIpc) is 2.36. The van der Waals surface area contributed by atoms with Gasteiger partial charge in [0, 0.05) is 10.7 Å². The largest absolute Gasteiger partial charge is 0.395 e. The summed E-state index contributed by atoms with van der Waals surface area (Å²) in [6, 6.07) is 9.54. The van der Waals surface area contributed by atoms with E-state index in [1.807, 2.05) is 31.2 Å². The summed E-state index contributed by atoms with van der Waals surface area (Å²) in [6.07, 6.45) is 1.56. The minimum atomic E-state index is 0.355. The molecule has 0 aliphatic carbocycles. The average molecular weight is 303 g/mol. The summed E-state index contributed by atoms with van der Waals surface area (Å²) >= 11 is 3.45. The Labute approximate surface area is 114 Å². The van der Waals surface area contributed by atoms with Crippen LogP contribution in [-0.2, 0) is 0 Å². The van der Waals surface area contributed by atoms with Crippen LogP contribution in [0.2, 0.25) is 0 Å². The van der Waals surface area contributed by atoms with E-state index in [0.717, 1.165) is 15.7 Å². The lowest BCUT2D eigenvalue weighted by molar-refractivity contribution is 1.29. The summed E-state index contributed by atoms with van der Waals surface area (Å²) in [5.41, 5.74) is 8.62. The topological polar surface area (TPSA) is 74.7 Å². The highest BCUT2D eigenvalue weighted by Gasteiger charge is 2.08. The third kappa shape index (κ3) is 2.44. The lowest BCUT2D eigenvalue weighted by atomic mass is 10.2. The predicted octanol–water partition coefficient (Wildman–Crippen LogP) is 3.35. The monoisotopic (exact) mass is 302 g/mol. The van der Waals surface area contributed by atoms with Crippen molar-refractivity contribution < 1.29 is 0 Å². The van der Waals surface area contributed by atoms with Gasteiger partial charge in [0.15, 0.2) is 5.82 Å². The van der Waals surface area contributed by atoms with Gasteiger partial charge >= 0.3 is 0 Å². The molecular weight excluding hydrogens is 292 g/mol. The molecule has 3 N–H and O–H groups in total. The Morgan fingerprint density at radius 2 is 2.17 bits per heavy atom. The minimum absolute atomic E-state index is 0.355. The van der Waals surface area contributed by atoms with Gasteiger partial charge in [-0.25, -0.2) is 4.98 Å². The number of nitrogens with two attached hydrogens (primary N) is 1. The second-order valence-electron chi connectivity index (χ2n) is 3.84. The van der Waals surface area contributed by atoms with Crippen LogP contribution in [0.5, 0.6) is 0 Å². The van der Waals surface area contributed by atoms with Gasteiger partial charge in [-0.15, -0.1) is 0 Å². The number of rotatable bonds is 2. The van der Waals surface area contributed by atoms with Gasteiger partial charge in [0.2, 0.25) is 0 Å². The third-order valence-corrected chi connectivity index (χ3v) is 3.18. The van der Waals surface area contributed by atoms with E-state index >= 15 is 0 Å². The van der Waals surface area contributed by atoms with Gasteiger partial charge in [0.25, 0.3) is 0 Å². The van der Waals surface area contributed by atoms with Gasteiger partial charge in [-0.2, -0.15) is 5.26 Å². The summed E-state index contributed by atoms with van der Waals surface area (Å²) in [5.74, 6) is 0.486. The van der Waals surface area contributed by atoms with Crippen molar-refractivity contribution in [2.24, 2.45) is 0 Å².